The van der Waals surface area contributed by atoms with Gasteiger partial charge in [-0.05, 0) is 61.4 Å². The van der Waals surface area contributed by atoms with Gasteiger partial charge in [0.2, 0.25) is 16.0 Å². The summed E-state index contributed by atoms with van der Waals surface area (Å²) in [6.45, 7) is 4.91. The number of rotatable bonds is 8. The number of likely N-dealkylation sites (N-methyl/N-ethyl adjacent to an activating group) is 1. The Morgan fingerprint density at radius 1 is 0.892 bits per heavy atom. The molecular weight excluding hydrogens is 486 g/mol. The van der Waals surface area contributed by atoms with Gasteiger partial charge in [-0.1, -0.05) is 18.2 Å². The third-order valence-corrected chi connectivity index (χ3v) is 9.24. The van der Waals surface area contributed by atoms with Crippen molar-refractivity contribution in [2.24, 2.45) is 5.41 Å². The van der Waals surface area contributed by atoms with Crippen LogP contribution in [0.25, 0.3) is 0 Å². The summed E-state index contributed by atoms with van der Waals surface area (Å²) in [5.74, 6) is 1.54. The van der Waals surface area contributed by atoms with Gasteiger partial charge in [-0.2, -0.15) is 4.98 Å². The molecule has 0 unspecified atom stereocenters. The Kier molecular flexibility index (Phi) is 7.57. The van der Waals surface area contributed by atoms with Crippen molar-refractivity contribution < 1.29 is 8.42 Å². The molecule has 0 saturated carbocycles. The average molecular weight is 522 g/mol. The van der Waals surface area contributed by atoms with Crippen LogP contribution in [0.4, 0.5) is 17.5 Å². The summed E-state index contributed by atoms with van der Waals surface area (Å²) < 4.78 is 27.6. The molecule has 0 bridgehead atoms. The number of sulfonamides is 1. The van der Waals surface area contributed by atoms with E-state index in [1.54, 1.807) is 36.5 Å². The van der Waals surface area contributed by atoms with Crippen LogP contribution in [0, 0.1) is 5.41 Å². The average Bonchev–Trinajstić information content (AvgIpc) is 2.95. The smallest absolute Gasteiger partial charge is 0.240 e. The first kappa shape index (κ1) is 25.4. The van der Waals surface area contributed by atoms with Crippen LogP contribution in [0.15, 0.2) is 72.0 Å². The number of hydrogen-bond donors (Lipinski definition) is 1. The summed E-state index contributed by atoms with van der Waals surface area (Å²) in [7, 11) is -1.64. The molecule has 2 fully saturated rings. The van der Waals surface area contributed by atoms with Gasteiger partial charge in [-0.25, -0.2) is 18.1 Å². The molecule has 2 aliphatic rings. The lowest BCUT2D eigenvalue weighted by Crippen LogP contribution is -2.47. The molecule has 4 heterocycles. The predicted molar refractivity (Wildman–Crippen MR) is 146 cm³/mol. The summed E-state index contributed by atoms with van der Waals surface area (Å²) in [5.41, 5.74) is 1.69. The molecule has 2 saturated heterocycles. The molecule has 0 atom stereocenters. The summed E-state index contributed by atoms with van der Waals surface area (Å²) >= 11 is 0. The molecule has 3 aromatic rings. The van der Waals surface area contributed by atoms with Gasteiger partial charge in [0.15, 0.2) is 0 Å². The molecule has 37 heavy (non-hydrogen) atoms. The van der Waals surface area contributed by atoms with Crippen LogP contribution < -0.4 is 19.4 Å². The lowest BCUT2D eigenvalue weighted by atomic mass is 9.71. The first-order valence-electron chi connectivity index (χ1n) is 12.9. The lowest BCUT2D eigenvalue weighted by Gasteiger charge is -2.47. The molecule has 5 rings (SSSR count). The Morgan fingerprint density at radius 2 is 1.54 bits per heavy atom. The van der Waals surface area contributed by atoms with Crippen molar-refractivity contribution in [3.8, 4) is 0 Å². The molecule has 10 heteroatoms. The zero-order valence-electron chi connectivity index (χ0n) is 21.3. The first-order valence-corrected chi connectivity index (χ1v) is 14.4. The molecule has 2 aliphatic heterocycles. The fourth-order valence-electron chi connectivity index (χ4n) is 5.33. The molecule has 196 valence electrons. The lowest BCUT2D eigenvalue weighted by molar-refractivity contribution is 0.166. The van der Waals surface area contributed by atoms with E-state index in [1.165, 1.54) is 31.4 Å². The van der Waals surface area contributed by atoms with E-state index < -0.39 is 10.0 Å². The van der Waals surface area contributed by atoms with Gasteiger partial charge in [0, 0.05) is 70.6 Å². The Balaban J connectivity index is 1.12. The Hall–Kier alpha value is -3.24. The van der Waals surface area contributed by atoms with Crippen LogP contribution in [0.3, 0.4) is 0 Å². The van der Waals surface area contributed by atoms with E-state index in [0.29, 0.717) is 17.9 Å². The van der Waals surface area contributed by atoms with E-state index in [2.05, 4.69) is 36.6 Å². The zero-order chi connectivity index (χ0) is 25.7. The minimum absolute atomic E-state index is 0.266. The molecule has 1 spiro atoms. The monoisotopic (exact) mass is 521 g/mol. The van der Waals surface area contributed by atoms with Gasteiger partial charge < -0.3 is 14.7 Å². The van der Waals surface area contributed by atoms with Crippen LogP contribution >= 0.6 is 0 Å². The summed E-state index contributed by atoms with van der Waals surface area (Å²) in [4.78, 5) is 20.4. The van der Waals surface area contributed by atoms with Crippen LogP contribution in [-0.2, 0) is 10.0 Å². The summed E-state index contributed by atoms with van der Waals surface area (Å²) in [6.07, 6.45) is 10.3. The number of piperidine rings is 2. The maximum absolute atomic E-state index is 12.5. The van der Waals surface area contributed by atoms with E-state index in [1.807, 2.05) is 30.4 Å². The number of nitrogens with one attached hydrogen (secondary N) is 1. The minimum Gasteiger partial charge on any atom is -0.371 e. The number of hydrogen-bond acceptors (Lipinski definition) is 8. The van der Waals surface area contributed by atoms with Gasteiger partial charge >= 0.3 is 0 Å². The van der Waals surface area contributed by atoms with Crippen molar-refractivity contribution in [3.05, 3.63) is 67.1 Å². The topological polar surface area (TPSA) is 94.6 Å². The first-order chi connectivity index (χ1) is 17.9. The number of anilines is 3. The Morgan fingerprint density at radius 3 is 2.22 bits per heavy atom. The fraction of sp³-hybridized carbons (Fsp3) is 0.444. The maximum Gasteiger partial charge on any atom is 0.240 e. The van der Waals surface area contributed by atoms with Crippen molar-refractivity contribution in [2.75, 3.05) is 61.0 Å². The maximum atomic E-state index is 12.5. The Labute approximate surface area is 219 Å². The van der Waals surface area contributed by atoms with Crippen LogP contribution in [0.5, 0.6) is 0 Å². The standard InChI is InChI=1S/C27H35N7O2S/c1-32(22-17-30-37(35,36)24-5-3-2-4-6-24)26-29-16-9-25(31-26)34-20-12-27(13-21-34)10-18-33(19-11-27)23-7-14-28-15-8-23/h2-9,14-16,30H,10-13,17-22H2,1H3. The van der Waals surface area contributed by atoms with E-state index in [9.17, 15) is 8.42 Å². The van der Waals surface area contributed by atoms with Crippen LogP contribution in [0.2, 0.25) is 0 Å². The zero-order valence-corrected chi connectivity index (χ0v) is 22.1. The number of pyridine rings is 1. The highest BCUT2D eigenvalue weighted by molar-refractivity contribution is 7.89. The minimum atomic E-state index is -3.53. The van der Waals surface area contributed by atoms with Crippen molar-refractivity contribution in [2.45, 2.75) is 30.6 Å². The molecule has 2 aromatic heterocycles. The van der Waals surface area contributed by atoms with Gasteiger partial charge in [0.25, 0.3) is 0 Å². The van der Waals surface area contributed by atoms with Crippen molar-refractivity contribution in [1.82, 2.24) is 19.7 Å². The van der Waals surface area contributed by atoms with Crippen molar-refractivity contribution in [1.29, 1.82) is 0 Å². The molecule has 0 radical (unpaired) electrons. The van der Waals surface area contributed by atoms with E-state index in [-0.39, 0.29) is 11.4 Å². The summed E-state index contributed by atoms with van der Waals surface area (Å²) in [6, 6.07) is 14.6. The summed E-state index contributed by atoms with van der Waals surface area (Å²) in [5, 5.41) is 0. The second-order valence-electron chi connectivity index (χ2n) is 10.0. The quantitative estimate of drug-likeness (QED) is 0.483. The van der Waals surface area contributed by atoms with Gasteiger partial charge in [0.1, 0.15) is 5.82 Å². The molecule has 1 N–H and O–H groups in total. The normalized spacial score (nSPS) is 17.6. The van der Waals surface area contributed by atoms with E-state index in [0.717, 1.165) is 32.0 Å². The molecule has 0 aliphatic carbocycles. The third kappa shape index (κ3) is 6.02. The fourth-order valence-corrected chi connectivity index (χ4v) is 6.38. The SMILES string of the molecule is CN(CCNS(=O)(=O)c1ccccc1)c1nccc(N2CCC3(CCN(c4ccncc4)CC3)CC2)n1. The van der Waals surface area contributed by atoms with Gasteiger partial charge in [-0.15, -0.1) is 0 Å². The van der Waals surface area contributed by atoms with Gasteiger partial charge in [-0.3, -0.25) is 4.98 Å². The van der Waals surface area contributed by atoms with E-state index >= 15 is 0 Å². The highest BCUT2D eigenvalue weighted by atomic mass is 32.2. The second kappa shape index (κ2) is 11.0. The second-order valence-corrected chi connectivity index (χ2v) is 11.8. The molecule has 0 amide bonds. The van der Waals surface area contributed by atoms with Crippen LogP contribution in [0.1, 0.15) is 25.7 Å². The van der Waals surface area contributed by atoms with Crippen LogP contribution in [-0.4, -0.2) is 69.7 Å². The highest BCUT2D eigenvalue weighted by Crippen LogP contribution is 2.42. The van der Waals surface area contributed by atoms with Crippen molar-refractivity contribution >= 4 is 27.5 Å². The molecular formula is C27H35N7O2S. The van der Waals surface area contributed by atoms with Crippen molar-refractivity contribution in [3.63, 3.8) is 0 Å². The molecule has 1 aromatic carbocycles. The predicted octanol–water partition coefficient (Wildman–Crippen LogP) is 3.17. The molecule has 9 nitrogen and oxygen atoms in total. The number of nitrogens with zero attached hydrogens (tertiary/aromatic N) is 6. The largest absolute Gasteiger partial charge is 0.371 e. The highest BCUT2D eigenvalue weighted by Gasteiger charge is 2.38. The number of aromatic nitrogens is 3. The Bertz CT molecular complexity index is 1260. The van der Waals surface area contributed by atoms with E-state index in [4.69, 9.17) is 4.98 Å². The van der Waals surface area contributed by atoms with Gasteiger partial charge in [0.05, 0.1) is 4.90 Å². The number of benzene rings is 1. The third-order valence-electron chi connectivity index (χ3n) is 7.76.